The van der Waals surface area contributed by atoms with Crippen LogP contribution in [-0.4, -0.2) is 37.6 Å². The molecule has 3 aromatic rings. The van der Waals surface area contributed by atoms with Crippen molar-refractivity contribution < 1.29 is 22.7 Å². The summed E-state index contributed by atoms with van der Waals surface area (Å²) in [4.78, 5) is 25.6. The van der Waals surface area contributed by atoms with Gasteiger partial charge in [0.25, 0.3) is 11.8 Å². The molecule has 0 atom stereocenters. The number of benzene rings is 3. The molecule has 2 amide bonds. The molecular formula is C24H20ClN3O5S. The normalized spacial score (nSPS) is 15.5. The van der Waals surface area contributed by atoms with E-state index < -0.39 is 21.8 Å². The van der Waals surface area contributed by atoms with E-state index in [1.54, 1.807) is 30.3 Å². The van der Waals surface area contributed by atoms with Crippen molar-refractivity contribution in [1.29, 1.82) is 0 Å². The van der Waals surface area contributed by atoms with Gasteiger partial charge < -0.3 is 15.4 Å². The number of hydrogen-bond acceptors (Lipinski definition) is 5. The molecule has 2 N–H and O–H groups in total. The van der Waals surface area contributed by atoms with Crippen molar-refractivity contribution in [2.24, 2.45) is 0 Å². The Bertz CT molecular complexity index is 1400. The fraction of sp³-hybridized carbons (Fsp3) is 0.167. The molecule has 34 heavy (non-hydrogen) atoms. The fourth-order valence-corrected chi connectivity index (χ4v) is 5.62. The number of sulfonamides is 1. The van der Waals surface area contributed by atoms with E-state index in [-0.39, 0.29) is 16.0 Å². The predicted molar refractivity (Wildman–Crippen MR) is 128 cm³/mol. The standard InChI is InChI=1S/C24H20ClN3O5S/c25-16-5-9-22-20(13-16)27-24(30)19-14-17(6-10-21(19)33-22)26-23(29)15-3-7-18(8-4-15)34(31,32)28-11-1-2-12-28/h3-10,13-14H,1-2,11-12H2,(H,26,29)(H,27,30). The molecule has 2 aliphatic heterocycles. The molecule has 0 unspecified atom stereocenters. The Kier molecular flexibility index (Phi) is 5.76. The Morgan fingerprint density at radius 3 is 2.41 bits per heavy atom. The molecule has 0 bridgehead atoms. The van der Waals surface area contributed by atoms with Crippen LogP contribution in [0, 0.1) is 0 Å². The third-order valence-corrected chi connectivity index (χ3v) is 7.86. The maximum absolute atomic E-state index is 12.7. The van der Waals surface area contributed by atoms with Crippen LogP contribution in [0.4, 0.5) is 11.4 Å². The quantitative estimate of drug-likeness (QED) is 0.542. The highest BCUT2D eigenvalue weighted by molar-refractivity contribution is 7.89. The number of nitrogens with one attached hydrogen (secondary N) is 2. The first-order valence-electron chi connectivity index (χ1n) is 10.7. The van der Waals surface area contributed by atoms with Crippen LogP contribution in [0.2, 0.25) is 5.02 Å². The Labute approximate surface area is 201 Å². The van der Waals surface area contributed by atoms with Gasteiger partial charge in [-0.15, -0.1) is 0 Å². The molecule has 1 saturated heterocycles. The van der Waals surface area contributed by atoms with Crippen LogP contribution in [0.25, 0.3) is 0 Å². The molecule has 0 aliphatic carbocycles. The minimum absolute atomic E-state index is 0.157. The summed E-state index contributed by atoms with van der Waals surface area (Å²) < 4.78 is 32.6. The maximum atomic E-state index is 12.7. The molecule has 5 rings (SSSR count). The van der Waals surface area contributed by atoms with E-state index in [4.69, 9.17) is 16.3 Å². The van der Waals surface area contributed by atoms with E-state index >= 15 is 0 Å². The van der Waals surface area contributed by atoms with Gasteiger partial charge in [0.15, 0.2) is 5.75 Å². The van der Waals surface area contributed by atoms with Gasteiger partial charge in [0, 0.05) is 29.4 Å². The van der Waals surface area contributed by atoms with E-state index in [0.29, 0.717) is 41.0 Å². The first-order valence-corrected chi connectivity index (χ1v) is 12.5. The summed E-state index contributed by atoms with van der Waals surface area (Å²) in [5.41, 5.74) is 1.37. The number of amides is 2. The third-order valence-electron chi connectivity index (χ3n) is 5.71. The third kappa shape index (κ3) is 4.25. The zero-order chi connectivity index (χ0) is 23.9. The van der Waals surface area contributed by atoms with Crippen molar-refractivity contribution >= 4 is 44.8 Å². The minimum Gasteiger partial charge on any atom is -0.454 e. The number of ether oxygens (including phenoxy) is 1. The lowest BCUT2D eigenvalue weighted by Gasteiger charge is -2.15. The number of carbonyl (C=O) groups excluding carboxylic acids is 2. The van der Waals surface area contributed by atoms with Crippen molar-refractivity contribution in [3.63, 3.8) is 0 Å². The number of hydrogen-bond donors (Lipinski definition) is 2. The van der Waals surface area contributed by atoms with Crippen LogP contribution < -0.4 is 15.4 Å². The lowest BCUT2D eigenvalue weighted by molar-refractivity contribution is 0.101. The second kappa shape index (κ2) is 8.75. The fourth-order valence-electron chi connectivity index (χ4n) is 3.93. The van der Waals surface area contributed by atoms with Crippen LogP contribution in [0.1, 0.15) is 33.6 Å². The van der Waals surface area contributed by atoms with Gasteiger partial charge in [0.1, 0.15) is 5.75 Å². The van der Waals surface area contributed by atoms with Crippen molar-refractivity contribution in [3.05, 3.63) is 76.8 Å². The summed E-state index contributed by atoms with van der Waals surface area (Å²) in [7, 11) is -3.55. The Hall–Kier alpha value is -3.40. The van der Waals surface area contributed by atoms with Gasteiger partial charge in [-0.3, -0.25) is 9.59 Å². The van der Waals surface area contributed by atoms with Crippen LogP contribution >= 0.6 is 11.6 Å². The number of carbonyl (C=O) groups is 2. The lowest BCUT2D eigenvalue weighted by Crippen LogP contribution is -2.27. The van der Waals surface area contributed by atoms with Gasteiger partial charge in [0.05, 0.1) is 16.1 Å². The van der Waals surface area contributed by atoms with Crippen molar-refractivity contribution in [2.75, 3.05) is 23.7 Å². The first-order chi connectivity index (χ1) is 16.3. The summed E-state index contributed by atoms with van der Waals surface area (Å²) in [6.45, 7) is 1.02. The van der Waals surface area contributed by atoms with Gasteiger partial charge >= 0.3 is 0 Å². The second-order valence-electron chi connectivity index (χ2n) is 8.00. The zero-order valence-corrected chi connectivity index (χ0v) is 19.4. The largest absolute Gasteiger partial charge is 0.454 e. The van der Waals surface area contributed by atoms with E-state index in [9.17, 15) is 18.0 Å². The Balaban J connectivity index is 1.33. The molecule has 1 fully saturated rings. The summed E-state index contributed by atoms with van der Waals surface area (Å²) >= 11 is 6.01. The van der Waals surface area contributed by atoms with Gasteiger partial charge in [-0.25, -0.2) is 8.42 Å². The lowest BCUT2D eigenvalue weighted by atomic mass is 10.1. The number of anilines is 2. The smallest absolute Gasteiger partial charge is 0.259 e. The van der Waals surface area contributed by atoms with Gasteiger partial charge in [-0.2, -0.15) is 4.31 Å². The number of fused-ring (bicyclic) bond motifs is 2. The monoisotopic (exact) mass is 497 g/mol. The Morgan fingerprint density at radius 1 is 0.971 bits per heavy atom. The predicted octanol–water partition coefficient (Wildman–Crippen LogP) is 4.73. The average Bonchev–Trinajstić information content (AvgIpc) is 3.33. The number of halogens is 1. The van der Waals surface area contributed by atoms with Gasteiger partial charge in [-0.05, 0) is 73.5 Å². The molecule has 0 saturated carbocycles. The zero-order valence-electron chi connectivity index (χ0n) is 17.9. The van der Waals surface area contributed by atoms with E-state index in [0.717, 1.165) is 12.8 Å². The van der Waals surface area contributed by atoms with Crippen LogP contribution in [0.15, 0.2) is 65.6 Å². The molecule has 0 radical (unpaired) electrons. The highest BCUT2D eigenvalue weighted by atomic mass is 35.5. The van der Waals surface area contributed by atoms with Crippen LogP contribution in [-0.2, 0) is 10.0 Å². The SMILES string of the molecule is O=C(Nc1ccc2c(c1)C(=O)Nc1cc(Cl)ccc1O2)c1ccc(S(=O)(=O)N2CCCC2)cc1. The molecule has 2 aliphatic rings. The topological polar surface area (TPSA) is 105 Å². The molecule has 8 nitrogen and oxygen atoms in total. The van der Waals surface area contributed by atoms with Crippen LogP contribution in [0.3, 0.4) is 0 Å². The summed E-state index contributed by atoms with van der Waals surface area (Å²) in [6.07, 6.45) is 1.70. The highest BCUT2D eigenvalue weighted by Crippen LogP contribution is 2.38. The molecule has 0 spiro atoms. The van der Waals surface area contributed by atoms with E-state index in [1.807, 2.05) is 0 Å². The molecule has 174 valence electrons. The number of nitrogens with zero attached hydrogens (tertiary/aromatic N) is 1. The van der Waals surface area contributed by atoms with Crippen molar-refractivity contribution in [3.8, 4) is 11.5 Å². The molecule has 10 heteroatoms. The average molecular weight is 498 g/mol. The van der Waals surface area contributed by atoms with Crippen LogP contribution in [0.5, 0.6) is 11.5 Å². The summed E-state index contributed by atoms with van der Waals surface area (Å²) in [5, 5.41) is 5.95. The maximum Gasteiger partial charge on any atom is 0.259 e. The Morgan fingerprint density at radius 2 is 1.68 bits per heavy atom. The molecule has 0 aromatic heterocycles. The van der Waals surface area contributed by atoms with Crippen molar-refractivity contribution in [1.82, 2.24) is 4.31 Å². The van der Waals surface area contributed by atoms with E-state index in [2.05, 4.69) is 10.6 Å². The van der Waals surface area contributed by atoms with Gasteiger partial charge in [0.2, 0.25) is 10.0 Å². The van der Waals surface area contributed by atoms with E-state index in [1.165, 1.54) is 34.6 Å². The van der Waals surface area contributed by atoms with Gasteiger partial charge in [-0.1, -0.05) is 11.6 Å². The highest BCUT2D eigenvalue weighted by Gasteiger charge is 2.27. The molecule has 3 aromatic carbocycles. The van der Waals surface area contributed by atoms with Crippen molar-refractivity contribution in [2.45, 2.75) is 17.7 Å². The first kappa shape index (κ1) is 22.4. The second-order valence-corrected chi connectivity index (χ2v) is 10.4. The molecule has 2 heterocycles. The summed E-state index contributed by atoms with van der Waals surface area (Å²) in [5.74, 6) is -0.0380. The number of rotatable bonds is 4. The molecular weight excluding hydrogens is 478 g/mol. The minimum atomic E-state index is -3.55. The summed E-state index contributed by atoms with van der Waals surface area (Å²) in [6, 6.07) is 15.5.